The van der Waals surface area contributed by atoms with Gasteiger partial charge in [0.2, 0.25) is 0 Å². The molecule has 0 amide bonds. The van der Waals surface area contributed by atoms with Gasteiger partial charge in [-0.05, 0) is 59.5 Å². The van der Waals surface area contributed by atoms with E-state index in [0.29, 0.717) is 28.2 Å². The van der Waals surface area contributed by atoms with Crippen molar-refractivity contribution in [1.82, 2.24) is 0 Å². The third kappa shape index (κ3) is 5.28. The Kier molecular flexibility index (Phi) is 6.96. The van der Waals surface area contributed by atoms with Crippen molar-refractivity contribution in [3.8, 4) is 11.5 Å². The van der Waals surface area contributed by atoms with Crippen molar-refractivity contribution in [3.05, 3.63) is 87.4 Å². The number of ether oxygens (including phenoxy) is 2. The van der Waals surface area contributed by atoms with Crippen molar-refractivity contribution >= 4 is 35.1 Å². The van der Waals surface area contributed by atoms with Crippen molar-refractivity contribution < 1.29 is 9.47 Å². The Morgan fingerprint density at radius 1 is 0.929 bits per heavy atom. The highest BCUT2D eigenvalue weighted by Crippen LogP contribution is 2.36. The summed E-state index contributed by atoms with van der Waals surface area (Å²) in [5, 5.41) is 1.16. The molecule has 3 rings (SSSR count). The second-order valence-corrected chi connectivity index (χ2v) is 7.07. The number of methoxy groups -OCH3 is 1. The van der Waals surface area contributed by atoms with Crippen LogP contribution in [0.3, 0.4) is 0 Å². The molecule has 3 nitrogen and oxygen atoms in total. The van der Waals surface area contributed by atoms with Crippen molar-refractivity contribution in [2.24, 2.45) is 4.99 Å². The molecule has 0 aliphatic heterocycles. The van der Waals surface area contributed by atoms with Crippen LogP contribution in [-0.2, 0) is 13.0 Å². The Balaban J connectivity index is 1.76. The zero-order valence-electron chi connectivity index (χ0n) is 15.8. The van der Waals surface area contributed by atoms with Gasteiger partial charge in [-0.1, -0.05) is 54.4 Å². The number of benzene rings is 3. The van der Waals surface area contributed by atoms with E-state index in [4.69, 9.17) is 32.7 Å². The zero-order chi connectivity index (χ0) is 19.9. The van der Waals surface area contributed by atoms with Gasteiger partial charge in [-0.3, -0.25) is 4.99 Å². The average molecular weight is 414 g/mol. The highest BCUT2D eigenvalue weighted by molar-refractivity contribution is 6.32. The minimum Gasteiger partial charge on any atom is -0.493 e. The fourth-order valence-electron chi connectivity index (χ4n) is 2.66. The lowest BCUT2D eigenvalue weighted by atomic mass is 10.1. The normalized spacial score (nSPS) is 11.0. The van der Waals surface area contributed by atoms with E-state index in [1.165, 1.54) is 5.56 Å². The van der Waals surface area contributed by atoms with E-state index in [-0.39, 0.29) is 0 Å². The van der Waals surface area contributed by atoms with Gasteiger partial charge in [0.05, 0.1) is 17.8 Å². The minimum absolute atomic E-state index is 0.366. The summed E-state index contributed by atoms with van der Waals surface area (Å²) in [7, 11) is 1.59. The predicted molar refractivity (Wildman–Crippen MR) is 117 cm³/mol. The molecule has 0 saturated carbocycles. The molecule has 0 heterocycles. The van der Waals surface area contributed by atoms with Gasteiger partial charge < -0.3 is 9.47 Å². The second-order valence-electron chi connectivity index (χ2n) is 6.23. The van der Waals surface area contributed by atoms with Crippen LogP contribution in [0.5, 0.6) is 11.5 Å². The smallest absolute Gasteiger partial charge is 0.180 e. The van der Waals surface area contributed by atoms with Gasteiger partial charge >= 0.3 is 0 Å². The number of aryl methyl sites for hydroxylation is 1. The molecular formula is C23H21Cl2NO2. The molecular weight excluding hydrogens is 393 g/mol. The Morgan fingerprint density at radius 2 is 1.61 bits per heavy atom. The molecule has 0 aromatic heterocycles. The summed E-state index contributed by atoms with van der Waals surface area (Å²) in [4.78, 5) is 4.51. The molecule has 0 bridgehead atoms. The van der Waals surface area contributed by atoms with E-state index in [9.17, 15) is 0 Å². The van der Waals surface area contributed by atoms with E-state index in [1.807, 2.05) is 48.5 Å². The highest BCUT2D eigenvalue weighted by atomic mass is 35.5. The summed E-state index contributed by atoms with van der Waals surface area (Å²) in [6.45, 7) is 2.49. The Labute approximate surface area is 175 Å². The van der Waals surface area contributed by atoms with Crippen LogP contribution in [0.2, 0.25) is 10.0 Å². The van der Waals surface area contributed by atoms with Gasteiger partial charge in [-0.15, -0.1) is 0 Å². The molecule has 28 heavy (non-hydrogen) atoms. The van der Waals surface area contributed by atoms with E-state index in [2.05, 4.69) is 24.0 Å². The number of aliphatic imine (C=N–C) groups is 1. The monoisotopic (exact) mass is 413 g/mol. The van der Waals surface area contributed by atoms with Crippen LogP contribution in [0.4, 0.5) is 5.69 Å². The number of rotatable bonds is 7. The molecule has 0 unspecified atom stereocenters. The summed E-state index contributed by atoms with van der Waals surface area (Å²) in [6.07, 6.45) is 2.77. The summed E-state index contributed by atoms with van der Waals surface area (Å²) in [5.41, 5.74) is 3.99. The standard InChI is InChI=1S/C23H21Cl2NO2/c1-3-16-6-10-20(11-7-16)26-14-18-12-21(25)23(22(13-18)27-2)28-15-17-4-8-19(24)9-5-17/h4-14H,3,15H2,1-2H3. The highest BCUT2D eigenvalue weighted by Gasteiger charge is 2.12. The number of hydrogen-bond donors (Lipinski definition) is 0. The lowest BCUT2D eigenvalue weighted by molar-refractivity contribution is 0.284. The zero-order valence-corrected chi connectivity index (χ0v) is 17.3. The summed E-state index contributed by atoms with van der Waals surface area (Å²) in [5.74, 6) is 1.06. The third-order valence-corrected chi connectivity index (χ3v) is 4.79. The van der Waals surface area contributed by atoms with Crippen LogP contribution in [0.15, 0.2) is 65.7 Å². The molecule has 0 aliphatic carbocycles. The maximum absolute atomic E-state index is 6.44. The predicted octanol–water partition coefficient (Wildman–Crippen LogP) is 6.89. The van der Waals surface area contributed by atoms with Gasteiger partial charge in [0.1, 0.15) is 6.61 Å². The SMILES string of the molecule is CCc1ccc(N=Cc2cc(Cl)c(OCc3ccc(Cl)cc3)c(OC)c2)cc1. The first-order chi connectivity index (χ1) is 13.6. The van der Waals surface area contributed by atoms with Crippen molar-refractivity contribution in [2.45, 2.75) is 20.0 Å². The maximum Gasteiger partial charge on any atom is 0.180 e. The van der Waals surface area contributed by atoms with Gasteiger partial charge in [-0.25, -0.2) is 0 Å². The molecule has 0 spiro atoms. The minimum atomic E-state index is 0.366. The maximum atomic E-state index is 6.44. The van der Waals surface area contributed by atoms with Gasteiger partial charge in [0.25, 0.3) is 0 Å². The van der Waals surface area contributed by atoms with Crippen LogP contribution in [0.25, 0.3) is 0 Å². The van der Waals surface area contributed by atoms with Crippen LogP contribution in [0, 0.1) is 0 Å². The summed E-state index contributed by atoms with van der Waals surface area (Å²) >= 11 is 12.4. The molecule has 144 valence electrons. The average Bonchev–Trinajstić information content (AvgIpc) is 2.72. The van der Waals surface area contributed by atoms with Crippen molar-refractivity contribution in [1.29, 1.82) is 0 Å². The molecule has 5 heteroatoms. The lowest BCUT2D eigenvalue weighted by Crippen LogP contribution is -1.99. The fourth-order valence-corrected chi connectivity index (χ4v) is 3.06. The first kappa shape index (κ1) is 20.2. The number of nitrogens with zero attached hydrogens (tertiary/aromatic N) is 1. The van der Waals surface area contributed by atoms with E-state index >= 15 is 0 Å². The van der Waals surface area contributed by atoms with Crippen molar-refractivity contribution in [3.63, 3.8) is 0 Å². The van der Waals surface area contributed by atoms with Crippen LogP contribution in [-0.4, -0.2) is 13.3 Å². The Bertz CT molecular complexity index is 952. The first-order valence-electron chi connectivity index (χ1n) is 8.97. The molecule has 0 aliphatic rings. The number of halogens is 2. The molecule has 0 N–H and O–H groups in total. The molecule has 3 aromatic carbocycles. The Hall–Kier alpha value is -2.49. The molecule has 3 aromatic rings. The Morgan fingerprint density at radius 3 is 2.25 bits per heavy atom. The molecule has 0 radical (unpaired) electrons. The van der Waals surface area contributed by atoms with E-state index < -0.39 is 0 Å². The lowest BCUT2D eigenvalue weighted by Gasteiger charge is -2.13. The van der Waals surface area contributed by atoms with E-state index in [1.54, 1.807) is 13.3 Å². The van der Waals surface area contributed by atoms with Crippen LogP contribution in [0.1, 0.15) is 23.6 Å². The quantitative estimate of drug-likeness (QED) is 0.394. The molecule has 0 fully saturated rings. The van der Waals surface area contributed by atoms with E-state index in [0.717, 1.165) is 23.2 Å². The van der Waals surface area contributed by atoms with Gasteiger partial charge in [0, 0.05) is 11.2 Å². The second kappa shape index (κ2) is 9.63. The summed E-state index contributed by atoms with van der Waals surface area (Å²) < 4.78 is 11.3. The van der Waals surface area contributed by atoms with Crippen molar-refractivity contribution in [2.75, 3.05) is 7.11 Å². The van der Waals surface area contributed by atoms with Crippen LogP contribution >= 0.6 is 23.2 Å². The fraction of sp³-hybridized carbons (Fsp3) is 0.174. The molecule has 0 saturated heterocycles. The summed E-state index contributed by atoms with van der Waals surface area (Å²) in [6, 6.07) is 19.3. The number of hydrogen-bond acceptors (Lipinski definition) is 3. The van der Waals surface area contributed by atoms with Gasteiger partial charge in [0.15, 0.2) is 11.5 Å². The topological polar surface area (TPSA) is 30.8 Å². The third-order valence-electron chi connectivity index (χ3n) is 4.26. The van der Waals surface area contributed by atoms with Gasteiger partial charge in [-0.2, -0.15) is 0 Å². The van der Waals surface area contributed by atoms with Crippen LogP contribution < -0.4 is 9.47 Å². The molecule has 0 atom stereocenters. The first-order valence-corrected chi connectivity index (χ1v) is 9.72. The largest absolute Gasteiger partial charge is 0.493 e.